The number of amides is 2. The molecule has 2 aromatic rings. The molecule has 0 fully saturated rings. The Labute approximate surface area is 193 Å². The third-order valence-electron chi connectivity index (χ3n) is 5.39. The maximum absolute atomic E-state index is 12.8. The van der Waals surface area contributed by atoms with Crippen molar-refractivity contribution in [1.29, 1.82) is 10.8 Å². The Kier molecular flexibility index (Phi) is 7.83. The Hall–Kier alpha value is -3.66. The van der Waals surface area contributed by atoms with Crippen molar-refractivity contribution >= 4 is 29.8 Å². The first-order valence-electron chi connectivity index (χ1n) is 10.7. The van der Waals surface area contributed by atoms with Gasteiger partial charge >= 0.3 is 0 Å². The van der Waals surface area contributed by atoms with E-state index in [2.05, 4.69) is 15.3 Å². The molecule has 2 aromatic heterocycles. The number of nitrogens with one attached hydrogen (secondary N) is 3. The molecule has 3 rings (SSSR count). The molecule has 0 atom stereocenters. The molecule has 0 saturated carbocycles. The van der Waals surface area contributed by atoms with Crippen molar-refractivity contribution in [1.82, 2.24) is 19.8 Å². The van der Waals surface area contributed by atoms with Crippen LogP contribution in [0.3, 0.4) is 0 Å². The number of fused-ring (bicyclic) bond motifs is 1. The molecule has 0 unspecified atom stereocenters. The molecule has 2 amide bonds. The van der Waals surface area contributed by atoms with Crippen LogP contribution in [-0.2, 0) is 22.5 Å². The van der Waals surface area contributed by atoms with Crippen molar-refractivity contribution in [2.75, 3.05) is 25.6 Å². The van der Waals surface area contributed by atoms with Gasteiger partial charge in [0.1, 0.15) is 17.2 Å². The van der Waals surface area contributed by atoms with E-state index in [1.54, 1.807) is 42.5 Å². The van der Waals surface area contributed by atoms with Crippen LogP contribution < -0.4 is 5.32 Å². The lowest BCUT2D eigenvalue weighted by molar-refractivity contribution is -0.133. The largest absolute Gasteiger partial charge is 0.384 e. The molecule has 1 aliphatic heterocycles. The number of hydrogen-bond donors (Lipinski definition) is 3. The zero-order chi connectivity index (χ0) is 24.0. The second-order valence-corrected chi connectivity index (χ2v) is 7.99. The van der Waals surface area contributed by atoms with Gasteiger partial charge in [-0.25, -0.2) is 4.98 Å². The van der Waals surface area contributed by atoms with Crippen molar-refractivity contribution < 1.29 is 14.3 Å². The number of carbonyl (C=O) groups is 2. The van der Waals surface area contributed by atoms with Gasteiger partial charge < -0.3 is 19.9 Å². The average molecular weight is 452 g/mol. The number of pyridine rings is 2. The summed E-state index contributed by atoms with van der Waals surface area (Å²) in [6, 6.07) is 6.62. The average Bonchev–Trinajstić information content (AvgIpc) is 2.82. The van der Waals surface area contributed by atoms with Gasteiger partial charge in [-0.2, -0.15) is 0 Å². The second kappa shape index (κ2) is 10.8. The number of methoxy groups -OCH3 is 1. The Bertz CT molecular complexity index is 1050. The highest BCUT2D eigenvalue weighted by Crippen LogP contribution is 2.20. The van der Waals surface area contributed by atoms with Gasteiger partial charge in [0.2, 0.25) is 5.91 Å². The molecule has 33 heavy (non-hydrogen) atoms. The van der Waals surface area contributed by atoms with E-state index in [0.717, 1.165) is 17.5 Å². The molecular formula is C23H29N7O3. The first kappa shape index (κ1) is 24.0. The Morgan fingerprint density at radius 1 is 1.30 bits per heavy atom. The highest BCUT2D eigenvalue weighted by molar-refractivity contribution is 6.04. The summed E-state index contributed by atoms with van der Waals surface area (Å²) in [5.74, 6) is -0.0493. The molecule has 0 saturated heterocycles. The quantitative estimate of drug-likeness (QED) is 0.416. The number of rotatable bonds is 8. The molecule has 0 bridgehead atoms. The van der Waals surface area contributed by atoms with E-state index >= 15 is 0 Å². The first-order chi connectivity index (χ1) is 15.8. The predicted octanol–water partition coefficient (Wildman–Crippen LogP) is 2.29. The highest BCUT2D eigenvalue weighted by atomic mass is 16.5. The van der Waals surface area contributed by atoms with Gasteiger partial charge in [0.25, 0.3) is 5.91 Å². The van der Waals surface area contributed by atoms with Crippen LogP contribution in [0.1, 0.15) is 47.6 Å². The van der Waals surface area contributed by atoms with Crippen LogP contribution >= 0.6 is 0 Å². The summed E-state index contributed by atoms with van der Waals surface area (Å²) in [5.41, 5.74) is 2.49. The second-order valence-electron chi connectivity index (χ2n) is 7.99. The predicted molar refractivity (Wildman–Crippen MR) is 125 cm³/mol. The molecule has 0 spiro atoms. The van der Waals surface area contributed by atoms with Gasteiger partial charge in [-0.3, -0.25) is 25.4 Å². The Balaban J connectivity index is 1.72. The van der Waals surface area contributed by atoms with Crippen LogP contribution in [0.2, 0.25) is 0 Å². The summed E-state index contributed by atoms with van der Waals surface area (Å²) >= 11 is 0. The molecular weight excluding hydrogens is 422 g/mol. The fourth-order valence-electron chi connectivity index (χ4n) is 3.54. The zero-order valence-electron chi connectivity index (χ0n) is 19.1. The third-order valence-corrected chi connectivity index (χ3v) is 5.39. The fourth-order valence-corrected chi connectivity index (χ4v) is 3.54. The number of ether oxygens (including phenoxy) is 1. The van der Waals surface area contributed by atoms with E-state index in [-0.39, 0.29) is 29.3 Å². The van der Waals surface area contributed by atoms with Crippen LogP contribution in [0.25, 0.3) is 0 Å². The van der Waals surface area contributed by atoms with Crippen molar-refractivity contribution in [2.24, 2.45) is 0 Å². The number of aromatic nitrogens is 2. The van der Waals surface area contributed by atoms with Crippen LogP contribution in [0.4, 0.5) is 5.82 Å². The number of carbonyl (C=O) groups excluding carboxylic acids is 2. The van der Waals surface area contributed by atoms with Gasteiger partial charge in [0.05, 0.1) is 19.4 Å². The first-order valence-corrected chi connectivity index (χ1v) is 10.7. The number of hydrogen-bond acceptors (Lipinski definition) is 7. The topological polar surface area (TPSA) is 135 Å². The van der Waals surface area contributed by atoms with Crippen LogP contribution in [0, 0.1) is 10.8 Å². The zero-order valence-corrected chi connectivity index (χ0v) is 19.1. The van der Waals surface area contributed by atoms with Gasteiger partial charge in [-0.1, -0.05) is 6.07 Å². The van der Waals surface area contributed by atoms with E-state index in [9.17, 15) is 9.59 Å². The minimum absolute atomic E-state index is 0.0224. The maximum Gasteiger partial charge on any atom is 0.275 e. The summed E-state index contributed by atoms with van der Waals surface area (Å²) in [6.45, 7) is 5.18. The molecule has 3 heterocycles. The molecule has 0 aromatic carbocycles. The lowest BCUT2D eigenvalue weighted by Crippen LogP contribution is -2.36. The summed E-state index contributed by atoms with van der Waals surface area (Å²) in [6.07, 6.45) is 3.78. The van der Waals surface area contributed by atoms with Gasteiger partial charge in [0, 0.05) is 32.4 Å². The molecule has 174 valence electrons. The van der Waals surface area contributed by atoms with Crippen LogP contribution in [0.15, 0.2) is 30.5 Å². The van der Waals surface area contributed by atoms with Crippen LogP contribution in [-0.4, -0.2) is 70.1 Å². The van der Waals surface area contributed by atoms with E-state index in [1.807, 2.05) is 13.8 Å². The van der Waals surface area contributed by atoms with Gasteiger partial charge in [-0.15, -0.1) is 0 Å². The molecule has 0 radical (unpaired) electrons. The molecule has 3 N–H and O–H groups in total. The SMILES string of the molecule is COCCC(=O)N1CCc2cnc(C(=O)Nc3cccc(C(=N)N(C=N)C(C)C)n3)cc2C1. The summed E-state index contributed by atoms with van der Waals surface area (Å²) in [4.78, 5) is 37.0. The van der Waals surface area contributed by atoms with E-state index in [4.69, 9.17) is 15.6 Å². The van der Waals surface area contributed by atoms with Crippen molar-refractivity contribution in [3.8, 4) is 0 Å². The Morgan fingerprint density at radius 3 is 2.79 bits per heavy atom. The minimum Gasteiger partial charge on any atom is -0.384 e. The van der Waals surface area contributed by atoms with E-state index in [1.165, 1.54) is 4.90 Å². The van der Waals surface area contributed by atoms with Crippen LogP contribution in [0.5, 0.6) is 0 Å². The molecule has 10 nitrogen and oxygen atoms in total. The molecule has 1 aliphatic rings. The lowest BCUT2D eigenvalue weighted by Gasteiger charge is -2.29. The Morgan fingerprint density at radius 2 is 2.09 bits per heavy atom. The monoisotopic (exact) mass is 451 g/mol. The number of amidine groups is 1. The van der Waals surface area contributed by atoms with Crippen molar-refractivity contribution in [3.63, 3.8) is 0 Å². The van der Waals surface area contributed by atoms with Gasteiger partial charge in [-0.05, 0) is 49.6 Å². The normalized spacial score (nSPS) is 12.8. The van der Waals surface area contributed by atoms with E-state index in [0.29, 0.717) is 38.2 Å². The fraction of sp³-hybridized carbons (Fsp3) is 0.391. The number of anilines is 1. The number of nitrogens with zero attached hydrogens (tertiary/aromatic N) is 4. The molecule has 10 heteroatoms. The van der Waals surface area contributed by atoms with Crippen molar-refractivity contribution in [2.45, 2.75) is 39.3 Å². The third kappa shape index (κ3) is 5.78. The molecule has 0 aliphatic carbocycles. The standard InChI is InChI=1S/C23H29N7O3/c1-15(2)30(14-24)22(25)18-5-4-6-20(27-18)28-23(32)19-11-17-13-29(21(31)8-10-33-3)9-7-16(17)12-26-19/h4-6,11-12,14-15,24-25H,7-10,13H2,1-3H3,(H,27,28,32). The highest BCUT2D eigenvalue weighted by Gasteiger charge is 2.22. The smallest absolute Gasteiger partial charge is 0.275 e. The maximum atomic E-state index is 12.8. The van der Waals surface area contributed by atoms with Gasteiger partial charge in [0.15, 0.2) is 5.84 Å². The summed E-state index contributed by atoms with van der Waals surface area (Å²) in [7, 11) is 1.57. The van der Waals surface area contributed by atoms with E-state index < -0.39 is 5.91 Å². The summed E-state index contributed by atoms with van der Waals surface area (Å²) in [5, 5.41) is 18.6. The summed E-state index contributed by atoms with van der Waals surface area (Å²) < 4.78 is 4.99. The lowest BCUT2D eigenvalue weighted by atomic mass is 10.0. The minimum atomic E-state index is -0.426. The van der Waals surface area contributed by atoms with Crippen molar-refractivity contribution in [3.05, 3.63) is 53.0 Å².